The summed E-state index contributed by atoms with van der Waals surface area (Å²) in [6.45, 7) is 3.78. The van der Waals surface area contributed by atoms with Crippen LogP contribution in [0.5, 0.6) is 0 Å². The van der Waals surface area contributed by atoms with Crippen LogP contribution in [-0.4, -0.2) is 41.4 Å². The molecule has 8 nitrogen and oxygen atoms in total. The summed E-state index contributed by atoms with van der Waals surface area (Å²) in [6, 6.07) is 16.8. The van der Waals surface area contributed by atoms with Crippen LogP contribution in [0.1, 0.15) is 56.1 Å². The number of nitrogens with one attached hydrogen (secondary N) is 2. The topological polar surface area (TPSA) is 106 Å². The van der Waals surface area contributed by atoms with Gasteiger partial charge in [0.2, 0.25) is 10.0 Å². The van der Waals surface area contributed by atoms with Crippen LogP contribution < -0.4 is 10.0 Å². The van der Waals surface area contributed by atoms with Gasteiger partial charge >= 0.3 is 0 Å². The number of sulfonamides is 1. The SMILES string of the molecule is CC(C)NC(=O)c1cn(C2CCC(NS(=O)(=O)c3ccc(-c4ccccc4)cc3)CC2)nn1. The minimum atomic E-state index is -3.60. The molecule has 0 aliphatic heterocycles. The van der Waals surface area contributed by atoms with Gasteiger partial charge in [0.15, 0.2) is 5.69 Å². The average Bonchev–Trinajstić information content (AvgIpc) is 3.30. The predicted octanol–water partition coefficient (Wildman–Crippen LogP) is 3.55. The molecule has 1 fully saturated rings. The molecule has 1 aliphatic rings. The molecule has 2 N–H and O–H groups in total. The minimum Gasteiger partial charge on any atom is -0.348 e. The highest BCUT2D eigenvalue weighted by Gasteiger charge is 2.27. The van der Waals surface area contributed by atoms with Crippen molar-refractivity contribution < 1.29 is 13.2 Å². The van der Waals surface area contributed by atoms with Gasteiger partial charge in [0.25, 0.3) is 5.91 Å². The number of aromatic nitrogens is 3. The molecular formula is C24H29N5O3S. The summed E-state index contributed by atoms with van der Waals surface area (Å²) >= 11 is 0. The molecule has 33 heavy (non-hydrogen) atoms. The van der Waals surface area contributed by atoms with Gasteiger partial charge in [-0.15, -0.1) is 5.10 Å². The Morgan fingerprint density at radius 2 is 1.61 bits per heavy atom. The fourth-order valence-electron chi connectivity index (χ4n) is 4.10. The van der Waals surface area contributed by atoms with Crippen molar-refractivity contribution in [1.29, 1.82) is 0 Å². The third-order valence-corrected chi connectivity index (χ3v) is 7.36. The fourth-order valence-corrected chi connectivity index (χ4v) is 5.40. The van der Waals surface area contributed by atoms with Crippen LogP contribution in [0, 0.1) is 0 Å². The molecule has 0 spiro atoms. The Bertz CT molecular complexity index is 1180. The molecule has 0 bridgehead atoms. The van der Waals surface area contributed by atoms with Crippen molar-refractivity contribution in [3.63, 3.8) is 0 Å². The zero-order chi connectivity index (χ0) is 23.4. The molecule has 0 unspecified atom stereocenters. The lowest BCUT2D eigenvalue weighted by Crippen LogP contribution is -2.38. The van der Waals surface area contributed by atoms with Crippen molar-refractivity contribution in [3.8, 4) is 11.1 Å². The molecule has 174 valence electrons. The van der Waals surface area contributed by atoms with Crippen molar-refractivity contribution >= 4 is 15.9 Å². The fraction of sp³-hybridized carbons (Fsp3) is 0.375. The van der Waals surface area contributed by atoms with Gasteiger partial charge < -0.3 is 5.32 Å². The Balaban J connectivity index is 1.34. The first-order chi connectivity index (χ1) is 15.8. The third kappa shape index (κ3) is 5.66. The van der Waals surface area contributed by atoms with E-state index >= 15 is 0 Å². The largest absolute Gasteiger partial charge is 0.348 e. The third-order valence-electron chi connectivity index (χ3n) is 5.83. The van der Waals surface area contributed by atoms with E-state index in [1.54, 1.807) is 23.0 Å². The van der Waals surface area contributed by atoms with Gasteiger partial charge in [-0.2, -0.15) is 0 Å². The number of hydrogen-bond donors (Lipinski definition) is 2. The lowest BCUT2D eigenvalue weighted by Gasteiger charge is -2.28. The van der Waals surface area contributed by atoms with Gasteiger partial charge in [0.05, 0.1) is 17.1 Å². The van der Waals surface area contributed by atoms with Crippen LogP contribution in [0.4, 0.5) is 0 Å². The first-order valence-electron chi connectivity index (χ1n) is 11.2. The normalized spacial score (nSPS) is 18.9. The van der Waals surface area contributed by atoms with Crippen molar-refractivity contribution in [3.05, 3.63) is 66.5 Å². The number of benzene rings is 2. The molecule has 2 aromatic carbocycles. The molecule has 0 radical (unpaired) electrons. The standard InChI is InChI=1S/C24H29N5O3S/c1-17(2)25-24(30)23-16-29(28-26-23)21-12-10-20(11-13-21)27-33(31,32)22-14-8-19(9-15-22)18-6-4-3-5-7-18/h3-9,14-17,20-21,27H,10-13H2,1-2H3,(H,25,30). The van der Waals surface area contributed by atoms with Gasteiger partial charge in [-0.25, -0.2) is 17.8 Å². The smallest absolute Gasteiger partial charge is 0.273 e. The zero-order valence-corrected chi connectivity index (χ0v) is 19.6. The molecule has 1 heterocycles. The first-order valence-corrected chi connectivity index (χ1v) is 12.7. The summed E-state index contributed by atoms with van der Waals surface area (Å²) in [5, 5.41) is 10.9. The second kappa shape index (κ2) is 9.84. The second-order valence-corrected chi connectivity index (χ2v) is 10.4. The van der Waals surface area contributed by atoms with Gasteiger partial charge in [0, 0.05) is 12.1 Å². The van der Waals surface area contributed by atoms with E-state index in [1.165, 1.54) is 0 Å². The van der Waals surface area contributed by atoms with E-state index in [1.807, 2.05) is 56.3 Å². The Morgan fingerprint density at radius 3 is 2.24 bits per heavy atom. The lowest BCUT2D eigenvalue weighted by molar-refractivity contribution is 0.0938. The highest BCUT2D eigenvalue weighted by atomic mass is 32.2. The maximum atomic E-state index is 12.9. The summed E-state index contributed by atoms with van der Waals surface area (Å²) in [6.07, 6.45) is 4.57. The number of rotatable bonds is 7. The van der Waals surface area contributed by atoms with Crippen molar-refractivity contribution in [2.45, 2.75) is 62.6 Å². The molecule has 1 aromatic heterocycles. The van der Waals surface area contributed by atoms with E-state index in [2.05, 4.69) is 20.4 Å². The van der Waals surface area contributed by atoms with Crippen LogP contribution in [0.25, 0.3) is 11.1 Å². The van der Waals surface area contributed by atoms with E-state index in [4.69, 9.17) is 0 Å². The van der Waals surface area contributed by atoms with Gasteiger partial charge in [-0.05, 0) is 62.8 Å². The Hall–Kier alpha value is -3.04. The Kier molecular flexibility index (Phi) is 6.90. The molecule has 1 aliphatic carbocycles. The van der Waals surface area contributed by atoms with E-state index in [9.17, 15) is 13.2 Å². The van der Waals surface area contributed by atoms with Crippen LogP contribution >= 0.6 is 0 Å². The molecule has 1 saturated carbocycles. The number of nitrogens with zero attached hydrogens (tertiary/aromatic N) is 3. The molecule has 0 saturated heterocycles. The maximum Gasteiger partial charge on any atom is 0.273 e. The Morgan fingerprint density at radius 1 is 0.970 bits per heavy atom. The summed E-state index contributed by atoms with van der Waals surface area (Å²) < 4.78 is 30.3. The van der Waals surface area contributed by atoms with Crippen molar-refractivity contribution in [2.75, 3.05) is 0 Å². The van der Waals surface area contributed by atoms with E-state index < -0.39 is 10.0 Å². The summed E-state index contributed by atoms with van der Waals surface area (Å²) in [5.41, 5.74) is 2.32. The monoisotopic (exact) mass is 467 g/mol. The molecular weight excluding hydrogens is 438 g/mol. The minimum absolute atomic E-state index is 0.0284. The molecule has 9 heteroatoms. The number of amides is 1. The maximum absolute atomic E-state index is 12.9. The quantitative estimate of drug-likeness (QED) is 0.553. The molecule has 4 rings (SSSR count). The molecule has 0 atom stereocenters. The Labute approximate surface area is 194 Å². The van der Waals surface area contributed by atoms with Crippen molar-refractivity contribution in [2.24, 2.45) is 0 Å². The van der Waals surface area contributed by atoms with Crippen molar-refractivity contribution in [1.82, 2.24) is 25.0 Å². The van der Waals surface area contributed by atoms with Crippen LogP contribution in [0.3, 0.4) is 0 Å². The number of hydrogen-bond acceptors (Lipinski definition) is 5. The van der Waals surface area contributed by atoms with E-state index in [0.29, 0.717) is 18.5 Å². The van der Waals surface area contributed by atoms with Crippen LogP contribution in [-0.2, 0) is 10.0 Å². The van der Waals surface area contributed by atoms with Crippen LogP contribution in [0.2, 0.25) is 0 Å². The number of carbonyl (C=O) groups excluding carboxylic acids is 1. The molecule has 1 amide bonds. The predicted molar refractivity (Wildman–Crippen MR) is 126 cm³/mol. The second-order valence-electron chi connectivity index (χ2n) is 8.73. The number of carbonyl (C=O) groups is 1. The summed E-state index contributed by atoms with van der Waals surface area (Å²) in [7, 11) is -3.60. The zero-order valence-electron chi connectivity index (χ0n) is 18.8. The highest BCUT2D eigenvalue weighted by molar-refractivity contribution is 7.89. The molecule has 3 aromatic rings. The van der Waals surface area contributed by atoms with E-state index in [-0.39, 0.29) is 28.9 Å². The van der Waals surface area contributed by atoms with Gasteiger partial charge in [0.1, 0.15) is 0 Å². The van der Waals surface area contributed by atoms with Crippen LogP contribution in [0.15, 0.2) is 65.7 Å². The highest BCUT2D eigenvalue weighted by Crippen LogP contribution is 2.29. The summed E-state index contributed by atoms with van der Waals surface area (Å²) in [5.74, 6) is -0.240. The van der Waals surface area contributed by atoms with E-state index in [0.717, 1.165) is 24.0 Å². The van der Waals surface area contributed by atoms with Gasteiger partial charge in [-0.1, -0.05) is 47.7 Å². The first kappa shape index (κ1) is 23.1. The van der Waals surface area contributed by atoms with Gasteiger partial charge in [-0.3, -0.25) is 4.79 Å². The lowest BCUT2D eigenvalue weighted by atomic mass is 9.92. The summed E-state index contributed by atoms with van der Waals surface area (Å²) in [4.78, 5) is 12.4. The average molecular weight is 468 g/mol.